The zero-order chi connectivity index (χ0) is 47.7. The van der Waals surface area contributed by atoms with Crippen LogP contribution in [0.3, 0.4) is 0 Å². The Balaban J connectivity index is 1.37. The van der Waals surface area contributed by atoms with Gasteiger partial charge in [0.05, 0.1) is 42.6 Å². The third kappa shape index (κ3) is 7.94. The summed E-state index contributed by atoms with van der Waals surface area (Å²) in [6.07, 6.45) is -17.1. The Bertz CT molecular complexity index is 2460. The number of methoxy groups -OCH3 is 1. The first-order chi connectivity index (χ1) is 30.6. The molecule has 22 heteroatoms. The average molecular weight is 912 g/mol. The number of phenols is 3. The molecule has 2 aliphatic carbocycles. The van der Waals surface area contributed by atoms with Gasteiger partial charge in [0.15, 0.2) is 24.1 Å². The lowest BCUT2D eigenvalue weighted by molar-refractivity contribution is -0.345. The van der Waals surface area contributed by atoms with Crippen molar-refractivity contribution >= 4 is 29.4 Å². The summed E-state index contributed by atoms with van der Waals surface area (Å²) in [6, 6.07) is 1.95. The molecule has 22 nitrogen and oxygen atoms in total. The molecule has 2 saturated heterocycles. The zero-order valence-corrected chi connectivity index (χ0v) is 35.5. The van der Waals surface area contributed by atoms with Crippen molar-refractivity contribution in [2.45, 2.75) is 101 Å². The number of carboxylic acid groups (broad SMARTS) is 1. The standard InChI is InChI=1S/C43H49N3O19/c1-13-8-20-27(34(54)24(13)40(58)45-14(2)41(59)60)26-18(11-19-28(35(26)55)31(51)17-9-16(61-5)10-21(47)25(17)30(19)50)32(52)38(20)64-43-37(57)39(65-42-36(56)33(53)22(48)12-62-42)29(15(3)63-43)46(4)23(49)6-7-44/h8-11,14-15,22,29,32-33,36-39,42-43,47-48,52-57H,6-7,12,44H2,1-5H3,(H,45,58)(H,59,60)/t14-,15-,22-,29+,32+,33+,36-,37-,38+,39+,42+,43+/m1/s1. The monoisotopic (exact) mass is 911 g/mol. The number of carbonyl (C=O) groups is 5. The van der Waals surface area contributed by atoms with Gasteiger partial charge in [-0.25, -0.2) is 0 Å². The minimum atomic E-state index is -1.97. The molecule has 0 bridgehead atoms. The van der Waals surface area contributed by atoms with Crippen LogP contribution >= 0.6 is 0 Å². The molecule has 2 aliphatic heterocycles. The van der Waals surface area contributed by atoms with Crippen LogP contribution in [0.1, 0.15) is 91.4 Å². The molecule has 0 unspecified atom stereocenters. The number of aliphatic hydroxyl groups excluding tert-OH is 5. The minimum Gasteiger partial charge on any atom is -0.507 e. The molecule has 12 N–H and O–H groups in total. The number of amides is 2. The van der Waals surface area contributed by atoms with Gasteiger partial charge in [-0.3, -0.25) is 24.0 Å². The molecular formula is C43H49N3O19. The van der Waals surface area contributed by atoms with Gasteiger partial charge in [-0.05, 0) is 49.6 Å². The van der Waals surface area contributed by atoms with Gasteiger partial charge in [-0.15, -0.1) is 0 Å². The minimum absolute atomic E-state index is 0.00328. The van der Waals surface area contributed by atoms with E-state index in [1.807, 2.05) is 0 Å². The Morgan fingerprint density at radius 1 is 0.877 bits per heavy atom. The number of nitrogens with two attached hydrogens (primary N) is 1. The van der Waals surface area contributed by atoms with Gasteiger partial charge in [0, 0.05) is 48.3 Å². The van der Waals surface area contributed by atoms with Gasteiger partial charge < -0.3 is 85.6 Å². The normalized spacial score (nSPS) is 28.6. The molecule has 7 rings (SSSR count). The van der Waals surface area contributed by atoms with E-state index in [-0.39, 0.29) is 41.0 Å². The molecule has 0 aromatic heterocycles. The van der Waals surface area contributed by atoms with Crippen molar-refractivity contribution < 1.29 is 93.6 Å². The number of ketones is 2. The quantitative estimate of drug-likeness (QED) is 0.0857. The van der Waals surface area contributed by atoms with Crippen LogP contribution in [0.2, 0.25) is 0 Å². The number of hydrogen-bond acceptors (Lipinski definition) is 19. The van der Waals surface area contributed by atoms with Gasteiger partial charge in [0.1, 0.15) is 71.8 Å². The number of nitrogens with one attached hydrogen (secondary N) is 1. The smallest absolute Gasteiger partial charge is 0.325 e. The second-order valence-electron chi connectivity index (χ2n) is 16.3. The Morgan fingerprint density at radius 3 is 2.17 bits per heavy atom. The highest BCUT2D eigenvalue weighted by Crippen LogP contribution is 2.57. The van der Waals surface area contributed by atoms with E-state index in [0.717, 1.165) is 12.1 Å². The highest BCUT2D eigenvalue weighted by molar-refractivity contribution is 6.31. The number of benzene rings is 3. The summed E-state index contributed by atoms with van der Waals surface area (Å²) in [6.45, 7) is 3.48. The second-order valence-corrected chi connectivity index (χ2v) is 16.3. The van der Waals surface area contributed by atoms with Crippen LogP contribution in [0.15, 0.2) is 24.3 Å². The fourth-order valence-corrected chi connectivity index (χ4v) is 8.88. The summed E-state index contributed by atoms with van der Waals surface area (Å²) in [7, 11) is 2.63. The van der Waals surface area contributed by atoms with Crippen molar-refractivity contribution in [3.05, 3.63) is 68.8 Å². The summed E-state index contributed by atoms with van der Waals surface area (Å²) in [4.78, 5) is 68.0. The number of aryl methyl sites for hydroxylation is 1. The molecule has 2 amide bonds. The van der Waals surface area contributed by atoms with Crippen LogP contribution in [0, 0.1) is 6.92 Å². The Labute approximate surface area is 369 Å². The maximum absolute atomic E-state index is 14.2. The van der Waals surface area contributed by atoms with Crippen LogP contribution in [-0.4, -0.2) is 169 Å². The summed E-state index contributed by atoms with van der Waals surface area (Å²) in [5.74, 6) is -7.37. The number of rotatable bonds is 11. The van der Waals surface area contributed by atoms with Gasteiger partial charge in [-0.2, -0.15) is 0 Å². The van der Waals surface area contributed by atoms with Crippen LogP contribution in [0.4, 0.5) is 0 Å². The molecule has 350 valence electrons. The fourth-order valence-electron chi connectivity index (χ4n) is 8.88. The van der Waals surface area contributed by atoms with Crippen molar-refractivity contribution in [3.8, 4) is 34.1 Å². The lowest BCUT2D eigenvalue weighted by Crippen LogP contribution is -2.66. The average Bonchev–Trinajstić information content (AvgIpc) is 3.25. The van der Waals surface area contributed by atoms with E-state index in [4.69, 9.17) is 29.4 Å². The molecule has 4 aliphatic rings. The number of carboxylic acids is 1. The maximum Gasteiger partial charge on any atom is 0.325 e. The molecule has 0 saturated carbocycles. The number of aliphatic hydroxyl groups is 5. The highest BCUT2D eigenvalue weighted by Gasteiger charge is 2.53. The van der Waals surface area contributed by atoms with Crippen LogP contribution in [-0.2, 0) is 28.5 Å². The zero-order valence-electron chi connectivity index (χ0n) is 35.5. The number of nitrogens with zero attached hydrogens (tertiary/aromatic N) is 1. The SMILES string of the molecule is COc1cc(O)c2c(c1)C(=O)c1c(cc3c(c1O)-c1c(cc(C)c(C(=O)N[C@H](C)C(=O)O)c1O)[C@H](O[C@@H]1O[C@H](C)[C@H](N(C)C(=O)CCN)[C@H](O[C@@H]4OC[C@@H](O)[C@H](O)[C@H]4O)[C@H]1O)[C@H]3O)C2=O. The molecular weight excluding hydrogens is 862 g/mol. The number of carbonyl (C=O) groups excluding carboxylic acids is 4. The maximum atomic E-state index is 14.2. The lowest BCUT2D eigenvalue weighted by Gasteiger charge is -2.49. The number of aromatic hydroxyl groups is 3. The fraction of sp³-hybridized carbons (Fsp3) is 0.465. The van der Waals surface area contributed by atoms with Crippen LogP contribution in [0.25, 0.3) is 11.1 Å². The largest absolute Gasteiger partial charge is 0.507 e. The number of likely N-dealkylation sites (N-methyl/N-ethyl adjacent to an activating group) is 1. The van der Waals surface area contributed by atoms with E-state index in [0.29, 0.717) is 0 Å². The van der Waals surface area contributed by atoms with E-state index >= 15 is 0 Å². The van der Waals surface area contributed by atoms with Crippen molar-refractivity contribution in [1.29, 1.82) is 0 Å². The van der Waals surface area contributed by atoms with Crippen LogP contribution in [0.5, 0.6) is 23.0 Å². The molecule has 2 heterocycles. The number of ether oxygens (including phenoxy) is 5. The molecule has 3 aromatic rings. The van der Waals surface area contributed by atoms with E-state index in [1.54, 1.807) is 0 Å². The third-order valence-corrected chi connectivity index (χ3v) is 12.2. The highest BCUT2D eigenvalue weighted by atomic mass is 16.7. The van der Waals surface area contributed by atoms with Crippen molar-refractivity contribution in [3.63, 3.8) is 0 Å². The molecule has 0 spiro atoms. The molecule has 65 heavy (non-hydrogen) atoms. The van der Waals surface area contributed by atoms with Gasteiger partial charge >= 0.3 is 5.97 Å². The molecule has 2 fully saturated rings. The van der Waals surface area contributed by atoms with Gasteiger partial charge in [-0.1, -0.05) is 6.07 Å². The second kappa shape index (κ2) is 17.9. The molecule has 0 radical (unpaired) electrons. The first kappa shape index (κ1) is 47.2. The van der Waals surface area contributed by atoms with Gasteiger partial charge in [0.2, 0.25) is 5.91 Å². The van der Waals surface area contributed by atoms with E-state index in [1.165, 1.54) is 52.0 Å². The summed E-state index contributed by atoms with van der Waals surface area (Å²) < 4.78 is 29.2. The van der Waals surface area contributed by atoms with Gasteiger partial charge in [0.25, 0.3) is 5.91 Å². The van der Waals surface area contributed by atoms with Crippen LogP contribution < -0.4 is 15.8 Å². The number of aliphatic carboxylic acids is 1. The Hall–Kier alpha value is -5.79. The van der Waals surface area contributed by atoms with Crippen molar-refractivity contribution in [2.75, 3.05) is 27.3 Å². The Kier molecular flexibility index (Phi) is 13.0. The van der Waals surface area contributed by atoms with Crippen molar-refractivity contribution in [2.24, 2.45) is 5.73 Å². The first-order valence-corrected chi connectivity index (χ1v) is 20.4. The number of fused-ring (bicyclic) bond motifs is 5. The summed E-state index contributed by atoms with van der Waals surface area (Å²) in [5, 5.41) is 102. The van der Waals surface area contributed by atoms with E-state index in [9.17, 15) is 69.9 Å². The molecule has 12 atom stereocenters. The predicted molar refractivity (Wildman–Crippen MR) is 218 cm³/mol. The first-order valence-electron chi connectivity index (χ1n) is 20.4. The number of hydrogen-bond donors (Lipinski definition) is 11. The topological polar surface area (TPSA) is 355 Å². The van der Waals surface area contributed by atoms with Crippen molar-refractivity contribution in [1.82, 2.24) is 10.2 Å². The predicted octanol–water partition coefficient (Wildman–Crippen LogP) is -1.02. The lowest BCUT2D eigenvalue weighted by atomic mass is 9.74. The van der Waals surface area contributed by atoms with E-state index < -0.39 is 160 Å². The molecule has 3 aromatic carbocycles. The third-order valence-electron chi connectivity index (χ3n) is 12.2. The Morgan fingerprint density at radius 2 is 1.52 bits per heavy atom. The van der Waals surface area contributed by atoms with E-state index in [2.05, 4.69) is 5.32 Å². The summed E-state index contributed by atoms with van der Waals surface area (Å²) in [5.41, 5.74) is 1.89. The number of phenolic OH excluding ortho intramolecular Hbond substituents is 3. The summed E-state index contributed by atoms with van der Waals surface area (Å²) >= 11 is 0.